The zero-order chi connectivity index (χ0) is 22.6. The van der Waals surface area contributed by atoms with Crippen LogP contribution in [-0.4, -0.2) is 69.8 Å². The molecular weight excluding hydrogens is 456 g/mol. The van der Waals surface area contributed by atoms with Gasteiger partial charge in [-0.05, 0) is 30.0 Å². The summed E-state index contributed by atoms with van der Waals surface area (Å²) in [5, 5.41) is 3.39. The lowest BCUT2D eigenvalue weighted by Gasteiger charge is -2.28. The molecule has 11 heteroatoms. The molecule has 1 aliphatic rings. The van der Waals surface area contributed by atoms with Crippen LogP contribution in [0.5, 0.6) is 0 Å². The predicted molar refractivity (Wildman–Crippen MR) is 136 cm³/mol. The summed E-state index contributed by atoms with van der Waals surface area (Å²) in [6, 6.07) is 6.23. The number of hydrogen-bond acceptors (Lipinski definition) is 11. The van der Waals surface area contributed by atoms with Crippen molar-refractivity contribution in [3.63, 3.8) is 0 Å². The van der Waals surface area contributed by atoms with Gasteiger partial charge in [0.2, 0.25) is 5.95 Å². The zero-order valence-corrected chi connectivity index (χ0v) is 19.8. The Morgan fingerprint density at radius 1 is 1.12 bits per heavy atom. The molecule has 0 radical (unpaired) electrons. The first-order valence-electron chi connectivity index (χ1n) is 10.6. The number of fused-ring (bicyclic) bond motifs is 1. The highest BCUT2D eigenvalue weighted by Crippen LogP contribution is 2.39. The Bertz CT molecular complexity index is 1240. The molecule has 0 spiro atoms. The largest absolute Gasteiger partial charge is 0.378 e. The van der Waals surface area contributed by atoms with E-state index in [9.17, 15) is 0 Å². The minimum Gasteiger partial charge on any atom is -0.378 e. The molecule has 1 fully saturated rings. The van der Waals surface area contributed by atoms with Crippen LogP contribution in [0.2, 0.25) is 0 Å². The molecule has 4 aromatic rings. The normalized spacial score (nSPS) is 14.0. The minimum atomic E-state index is 0.227. The van der Waals surface area contributed by atoms with Gasteiger partial charge in [0.15, 0.2) is 11.6 Å². The molecule has 0 amide bonds. The highest BCUT2D eigenvalue weighted by atomic mass is 32.2. The molecule has 5 heterocycles. The van der Waals surface area contributed by atoms with E-state index in [0.717, 1.165) is 63.2 Å². The maximum absolute atomic E-state index is 5.67. The maximum atomic E-state index is 5.67. The Labute approximate surface area is 199 Å². The fraction of sp³-hybridized carbons (Fsp3) is 0.318. The number of ether oxygens (including phenoxy) is 1. The van der Waals surface area contributed by atoms with Gasteiger partial charge in [0.05, 0.1) is 29.0 Å². The van der Waals surface area contributed by atoms with Crippen molar-refractivity contribution < 1.29 is 4.74 Å². The fourth-order valence-corrected chi connectivity index (χ4v) is 5.01. The summed E-state index contributed by atoms with van der Waals surface area (Å²) in [6.07, 6.45) is 7.26. The lowest BCUT2D eigenvalue weighted by Crippen LogP contribution is -2.36. The van der Waals surface area contributed by atoms with Crippen molar-refractivity contribution in [2.75, 3.05) is 60.8 Å². The molecule has 33 heavy (non-hydrogen) atoms. The second-order valence-corrected chi connectivity index (χ2v) is 9.51. The Balaban J connectivity index is 1.57. The second-order valence-electron chi connectivity index (χ2n) is 7.47. The van der Waals surface area contributed by atoms with Gasteiger partial charge in [-0.15, -0.1) is 11.3 Å². The van der Waals surface area contributed by atoms with Crippen LogP contribution < -0.4 is 16.0 Å². The number of rotatable bonds is 7. The molecule has 0 aliphatic carbocycles. The van der Waals surface area contributed by atoms with Gasteiger partial charge >= 0.3 is 0 Å². The number of nitrogens with zero attached hydrogens (tertiary/aromatic N) is 6. The van der Waals surface area contributed by atoms with Crippen molar-refractivity contribution >= 4 is 50.9 Å². The molecule has 9 nitrogen and oxygen atoms in total. The summed E-state index contributed by atoms with van der Waals surface area (Å²) < 4.78 is 6.61. The number of anilines is 3. The van der Waals surface area contributed by atoms with Crippen LogP contribution in [0, 0.1) is 0 Å². The highest BCUT2D eigenvalue weighted by Gasteiger charge is 2.21. The lowest BCUT2D eigenvalue weighted by atomic mass is 10.2. The monoisotopic (exact) mass is 480 g/mol. The zero-order valence-electron chi connectivity index (χ0n) is 18.2. The number of morpholine rings is 1. The molecule has 5 rings (SSSR count). The first-order chi connectivity index (χ1) is 16.2. The Morgan fingerprint density at radius 3 is 2.73 bits per heavy atom. The number of aromatic nitrogens is 5. The molecule has 4 aromatic heterocycles. The summed E-state index contributed by atoms with van der Waals surface area (Å²) in [5.41, 5.74) is 8.40. The van der Waals surface area contributed by atoms with Crippen LogP contribution in [0.1, 0.15) is 0 Å². The van der Waals surface area contributed by atoms with Gasteiger partial charge in [-0.3, -0.25) is 0 Å². The Morgan fingerprint density at radius 2 is 1.94 bits per heavy atom. The third kappa shape index (κ3) is 4.85. The number of thiophene rings is 1. The number of nitrogens with two attached hydrogens (primary N) is 1. The van der Waals surface area contributed by atoms with E-state index in [1.54, 1.807) is 35.5 Å². The van der Waals surface area contributed by atoms with Crippen molar-refractivity contribution in [3.8, 4) is 21.8 Å². The van der Waals surface area contributed by atoms with E-state index in [0.29, 0.717) is 19.0 Å². The molecular formula is C22H24N8OS2. The van der Waals surface area contributed by atoms with Crippen molar-refractivity contribution in [1.29, 1.82) is 0 Å². The molecule has 0 unspecified atom stereocenters. The van der Waals surface area contributed by atoms with Crippen LogP contribution in [-0.2, 0) is 4.74 Å². The molecule has 0 atom stereocenters. The van der Waals surface area contributed by atoms with Crippen LogP contribution in [0.3, 0.4) is 0 Å². The maximum Gasteiger partial charge on any atom is 0.219 e. The van der Waals surface area contributed by atoms with Crippen LogP contribution in [0.15, 0.2) is 36.8 Å². The van der Waals surface area contributed by atoms with Gasteiger partial charge in [0.1, 0.15) is 5.82 Å². The van der Waals surface area contributed by atoms with Gasteiger partial charge in [-0.1, -0.05) is 0 Å². The predicted octanol–water partition coefficient (Wildman–Crippen LogP) is 3.40. The van der Waals surface area contributed by atoms with Gasteiger partial charge in [0.25, 0.3) is 0 Å². The smallest absolute Gasteiger partial charge is 0.219 e. The highest BCUT2D eigenvalue weighted by molar-refractivity contribution is 7.98. The molecule has 0 aromatic carbocycles. The van der Waals surface area contributed by atoms with E-state index in [1.807, 2.05) is 12.3 Å². The molecule has 3 N–H and O–H groups in total. The van der Waals surface area contributed by atoms with Crippen molar-refractivity contribution in [2.24, 2.45) is 0 Å². The quantitative estimate of drug-likeness (QED) is 0.381. The number of nitrogens with one attached hydrogen (secondary N) is 1. The topological polar surface area (TPSA) is 115 Å². The van der Waals surface area contributed by atoms with Crippen molar-refractivity contribution in [3.05, 3.63) is 36.8 Å². The van der Waals surface area contributed by atoms with E-state index in [1.165, 1.54) is 0 Å². The fourth-order valence-electron chi connectivity index (χ4n) is 3.59. The molecule has 170 valence electrons. The molecule has 1 aliphatic heterocycles. The Kier molecular flexibility index (Phi) is 6.51. The number of pyridine rings is 1. The van der Waals surface area contributed by atoms with E-state index in [-0.39, 0.29) is 5.95 Å². The molecule has 0 saturated carbocycles. The first kappa shape index (κ1) is 21.8. The van der Waals surface area contributed by atoms with E-state index < -0.39 is 0 Å². The summed E-state index contributed by atoms with van der Waals surface area (Å²) >= 11 is 3.50. The van der Waals surface area contributed by atoms with E-state index in [4.69, 9.17) is 20.4 Å². The SMILES string of the molecule is CSCCNc1cc(-c2cc3nc(-c4cnc(N)nc4)nc(N4CCOCC4)c3s2)ccn1. The van der Waals surface area contributed by atoms with Crippen LogP contribution in [0.4, 0.5) is 17.6 Å². The van der Waals surface area contributed by atoms with Crippen molar-refractivity contribution in [1.82, 2.24) is 24.9 Å². The summed E-state index contributed by atoms with van der Waals surface area (Å²) in [4.78, 5) is 25.8. The van der Waals surface area contributed by atoms with Crippen molar-refractivity contribution in [2.45, 2.75) is 0 Å². The van der Waals surface area contributed by atoms with Gasteiger partial charge < -0.3 is 20.7 Å². The average Bonchev–Trinajstić information content (AvgIpc) is 3.29. The Hall–Kier alpha value is -3.02. The summed E-state index contributed by atoms with van der Waals surface area (Å²) in [7, 11) is 0. The van der Waals surface area contributed by atoms with Crippen LogP contribution >= 0.6 is 23.1 Å². The lowest BCUT2D eigenvalue weighted by molar-refractivity contribution is 0.122. The second kappa shape index (κ2) is 9.86. The average molecular weight is 481 g/mol. The van der Waals surface area contributed by atoms with Gasteiger partial charge in [0, 0.05) is 48.9 Å². The third-order valence-electron chi connectivity index (χ3n) is 5.25. The van der Waals surface area contributed by atoms with E-state index in [2.05, 4.69) is 43.6 Å². The number of thioether (sulfide) groups is 1. The molecule has 0 bridgehead atoms. The van der Waals surface area contributed by atoms with Gasteiger partial charge in [-0.25, -0.2) is 24.9 Å². The summed E-state index contributed by atoms with van der Waals surface area (Å²) in [5.74, 6) is 3.63. The molecule has 1 saturated heterocycles. The van der Waals surface area contributed by atoms with E-state index >= 15 is 0 Å². The van der Waals surface area contributed by atoms with Crippen LogP contribution in [0.25, 0.3) is 32.0 Å². The first-order valence-corrected chi connectivity index (χ1v) is 12.8. The third-order valence-corrected chi connectivity index (χ3v) is 7.03. The number of nitrogen functional groups attached to an aromatic ring is 1. The van der Waals surface area contributed by atoms with Gasteiger partial charge in [-0.2, -0.15) is 11.8 Å². The standard InChI is InChI=1S/C22H24N8OS2/c1-32-9-4-25-18-10-14(2-3-24-18)17-11-16-19(33-17)21(30-5-7-31-8-6-30)29-20(28-16)15-12-26-22(23)27-13-15/h2-3,10-13H,4-9H2,1H3,(H,24,25)(H2,23,26,27). The summed E-state index contributed by atoms with van der Waals surface area (Å²) in [6.45, 7) is 3.81. The number of hydrogen-bond donors (Lipinski definition) is 2. The minimum absolute atomic E-state index is 0.227.